The molecular weight excluding hydrogens is 360 g/mol. The van der Waals surface area contributed by atoms with Crippen LogP contribution in [0.4, 0.5) is 0 Å². The first-order valence-corrected chi connectivity index (χ1v) is 9.75. The van der Waals surface area contributed by atoms with Gasteiger partial charge >= 0.3 is 0 Å². The SMILES string of the molecule is CNS(=O)(=O)c1ccc(CCC(=O)N[C@@H](C)c2ccc(Cl)cc2)cc1. The quantitative estimate of drug-likeness (QED) is 0.775. The lowest BCUT2D eigenvalue weighted by atomic mass is 10.1. The van der Waals surface area contributed by atoms with Gasteiger partial charge in [-0.15, -0.1) is 0 Å². The number of aryl methyl sites for hydroxylation is 1. The van der Waals surface area contributed by atoms with E-state index in [0.717, 1.165) is 11.1 Å². The second-order valence-electron chi connectivity index (χ2n) is 5.69. The summed E-state index contributed by atoms with van der Waals surface area (Å²) in [6.07, 6.45) is 0.870. The van der Waals surface area contributed by atoms with E-state index in [9.17, 15) is 13.2 Å². The fourth-order valence-electron chi connectivity index (χ4n) is 2.36. The predicted molar refractivity (Wildman–Crippen MR) is 99.0 cm³/mol. The molecule has 0 aliphatic heterocycles. The molecule has 0 heterocycles. The van der Waals surface area contributed by atoms with Crippen LogP contribution in [0.15, 0.2) is 53.4 Å². The van der Waals surface area contributed by atoms with E-state index in [1.807, 2.05) is 19.1 Å². The minimum absolute atomic E-state index is 0.0608. The standard InChI is InChI=1S/C18H21ClN2O3S/c1-13(15-6-8-16(19)9-7-15)21-18(22)12-5-14-3-10-17(11-4-14)25(23,24)20-2/h3-4,6-11,13,20H,5,12H2,1-2H3,(H,21,22)/t13-/m0/s1. The van der Waals surface area contributed by atoms with E-state index in [2.05, 4.69) is 10.0 Å². The van der Waals surface area contributed by atoms with Gasteiger partial charge in [-0.25, -0.2) is 13.1 Å². The molecule has 2 rings (SSSR count). The molecule has 0 aromatic heterocycles. The smallest absolute Gasteiger partial charge is 0.240 e. The third-order valence-corrected chi connectivity index (χ3v) is 5.57. The van der Waals surface area contributed by atoms with Gasteiger partial charge in [0.15, 0.2) is 0 Å². The Morgan fingerprint density at radius 1 is 1.08 bits per heavy atom. The largest absolute Gasteiger partial charge is 0.350 e. The molecule has 0 fully saturated rings. The second kappa shape index (κ2) is 8.47. The van der Waals surface area contributed by atoms with Crippen molar-refractivity contribution < 1.29 is 13.2 Å². The molecule has 2 aromatic carbocycles. The van der Waals surface area contributed by atoms with E-state index in [0.29, 0.717) is 17.9 Å². The van der Waals surface area contributed by atoms with Gasteiger partial charge in [0, 0.05) is 11.4 Å². The second-order valence-corrected chi connectivity index (χ2v) is 8.02. The van der Waals surface area contributed by atoms with Gasteiger partial charge < -0.3 is 5.32 Å². The fourth-order valence-corrected chi connectivity index (χ4v) is 3.22. The summed E-state index contributed by atoms with van der Waals surface area (Å²) in [7, 11) is -2.06. The first-order valence-electron chi connectivity index (χ1n) is 7.89. The third-order valence-electron chi connectivity index (χ3n) is 3.89. The Bertz CT molecular complexity index is 818. The minimum Gasteiger partial charge on any atom is -0.350 e. The van der Waals surface area contributed by atoms with Crippen LogP contribution in [-0.2, 0) is 21.2 Å². The number of benzene rings is 2. The molecule has 1 atom stereocenters. The van der Waals surface area contributed by atoms with Crippen LogP contribution in [0.5, 0.6) is 0 Å². The summed E-state index contributed by atoms with van der Waals surface area (Å²) in [6, 6.07) is 13.8. The van der Waals surface area contributed by atoms with Crippen LogP contribution >= 0.6 is 11.6 Å². The number of sulfonamides is 1. The van der Waals surface area contributed by atoms with Gasteiger partial charge in [-0.2, -0.15) is 0 Å². The number of amides is 1. The third kappa shape index (κ3) is 5.56. The average Bonchev–Trinajstić information content (AvgIpc) is 2.61. The highest BCUT2D eigenvalue weighted by molar-refractivity contribution is 7.89. The van der Waals surface area contributed by atoms with Crippen LogP contribution in [0.25, 0.3) is 0 Å². The molecule has 0 spiro atoms. The van der Waals surface area contributed by atoms with Crippen molar-refractivity contribution in [3.63, 3.8) is 0 Å². The Balaban J connectivity index is 1.88. The number of carbonyl (C=O) groups is 1. The maximum Gasteiger partial charge on any atom is 0.240 e. The van der Waals surface area contributed by atoms with Gasteiger partial charge in [-0.05, 0) is 55.8 Å². The van der Waals surface area contributed by atoms with Crippen molar-refractivity contribution in [1.29, 1.82) is 0 Å². The Hall–Kier alpha value is -1.89. The maximum absolute atomic E-state index is 12.1. The molecule has 2 aromatic rings. The van der Waals surface area contributed by atoms with E-state index in [4.69, 9.17) is 11.6 Å². The first-order chi connectivity index (χ1) is 11.8. The van der Waals surface area contributed by atoms with Gasteiger partial charge in [0.1, 0.15) is 0 Å². The van der Waals surface area contributed by atoms with Crippen molar-refractivity contribution in [2.45, 2.75) is 30.7 Å². The molecule has 25 heavy (non-hydrogen) atoms. The summed E-state index contributed by atoms with van der Waals surface area (Å²) >= 11 is 5.86. The van der Waals surface area contributed by atoms with Crippen LogP contribution in [-0.4, -0.2) is 21.4 Å². The summed E-state index contributed by atoms with van der Waals surface area (Å²) in [5.41, 5.74) is 1.89. The number of halogens is 1. The lowest BCUT2D eigenvalue weighted by molar-refractivity contribution is -0.121. The first kappa shape index (κ1) is 19.4. The summed E-state index contributed by atoms with van der Waals surface area (Å²) in [5.74, 6) is -0.0608. The van der Waals surface area contributed by atoms with Crippen molar-refractivity contribution in [2.75, 3.05) is 7.05 Å². The van der Waals surface area contributed by atoms with Gasteiger partial charge in [-0.1, -0.05) is 35.9 Å². The zero-order valence-electron chi connectivity index (χ0n) is 14.1. The molecule has 0 bridgehead atoms. The maximum atomic E-state index is 12.1. The van der Waals surface area contributed by atoms with Crippen molar-refractivity contribution in [1.82, 2.24) is 10.0 Å². The summed E-state index contributed by atoms with van der Waals surface area (Å²) in [4.78, 5) is 12.3. The van der Waals surface area contributed by atoms with Crippen molar-refractivity contribution >= 4 is 27.5 Å². The Morgan fingerprint density at radius 2 is 1.68 bits per heavy atom. The highest BCUT2D eigenvalue weighted by atomic mass is 35.5. The fraction of sp³-hybridized carbons (Fsp3) is 0.278. The monoisotopic (exact) mass is 380 g/mol. The van der Waals surface area contributed by atoms with Gasteiger partial charge in [0.25, 0.3) is 0 Å². The van der Waals surface area contributed by atoms with Crippen LogP contribution in [0.1, 0.15) is 30.5 Å². The molecule has 0 saturated carbocycles. The number of hydrogen-bond donors (Lipinski definition) is 2. The molecule has 0 aliphatic carbocycles. The van der Waals surface area contributed by atoms with Crippen LogP contribution in [0.3, 0.4) is 0 Å². The molecule has 1 amide bonds. The van der Waals surface area contributed by atoms with Crippen LogP contribution < -0.4 is 10.0 Å². The zero-order valence-corrected chi connectivity index (χ0v) is 15.7. The molecule has 134 valence electrons. The minimum atomic E-state index is -3.43. The Kier molecular flexibility index (Phi) is 6.58. The predicted octanol–water partition coefficient (Wildman–Crippen LogP) is 3.06. The number of carbonyl (C=O) groups excluding carboxylic acids is 1. The lowest BCUT2D eigenvalue weighted by Crippen LogP contribution is -2.26. The number of nitrogens with one attached hydrogen (secondary N) is 2. The Morgan fingerprint density at radius 3 is 2.24 bits per heavy atom. The van der Waals surface area contributed by atoms with Gasteiger partial charge in [0.05, 0.1) is 10.9 Å². The Labute approximate surface area is 153 Å². The summed E-state index contributed by atoms with van der Waals surface area (Å²) < 4.78 is 25.6. The molecular formula is C18H21ClN2O3S. The van der Waals surface area contributed by atoms with Gasteiger partial charge in [0.2, 0.25) is 15.9 Å². The van der Waals surface area contributed by atoms with E-state index in [-0.39, 0.29) is 16.8 Å². The van der Waals surface area contributed by atoms with Gasteiger partial charge in [-0.3, -0.25) is 4.79 Å². The molecule has 0 saturated heterocycles. The van der Waals surface area contributed by atoms with E-state index < -0.39 is 10.0 Å². The van der Waals surface area contributed by atoms with Crippen LogP contribution in [0, 0.1) is 0 Å². The van der Waals surface area contributed by atoms with Crippen molar-refractivity contribution in [3.8, 4) is 0 Å². The normalized spacial score (nSPS) is 12.6. The van der Waals surface area contributed by atoms with E-state index in [1.165, 1.54) is 19.2 Å². The average molecular weight is 381 g/mol. The lowest BCUT2D eigenvalue weighted by Gasteiger charge is -2.14. The molecule has 0 unspecified atom stereocenters. The number of hydrogen-bond acceptors (Lipinski definition) is 3. The van der Waals surface area contributed by atoms with Crippen molar-refractivity contribution in [2.24, 2.45) is 0 Å². The molecule has 2 N–H and O–H groups in total. The molecule has 5 nitrogen and oxygen atoms in total. The molecule has 0 radical (unpaired) electrons. The highest BCUT2D eigenvalue weighted by Gasteiger charge is 2.12. The highest BCUT2D eigenvalue weighted by Crippen LogP contribution is 2.16. The van der Waals surface area contributed by atoms with Crippen molar-refractivity contribution in [3.05, 3.63) is 64.7 Å². The van der Waals surface area contributed by atoms with E-state index >= 15 is 0 Å². The zero-order chi connectivity index (χ0) is 18.4. The topological polar surface area (TPSA) is 75.3 Å². The summed E-state index contributed by atoms with van der Waals surface area (Å²) in [5, 5.41) is 3.60. The molecule has 0 aliphatic rings. The number of rotatable bonds is 7. The van der Waals surface area contributed by atoms with Crippen LogP contribution in [0.2, 0.25) is 5.02 Å². The van der Waals surface area contributed by atoms with E-state index in [1.54, 1.807) is 24.3 Å². The summed E-state index contributed by atoms with van der Waals surface area (Å²) in [6.45, 7) is 1.92. The molecule has 7 heteroatoms.